The van der Waals surface area contributed by atoms with E-state index in [0.29, 0.717) is 6.61 Å². The van der Waals surface area contributed by atoms with Gasteiger partial charge in [0.1, 0.15) is 0 Å². The Morgan fingerprint density at radius 2 is 1.35 bits per heavy atom. The molecule has 6 nitrogen and oxygen atoms in total. The van der Waals surface area contributed by atoms with E-state index in [0.717, 1.165) is 47.0 Å². The quantitative estimate of drug-likeness (QED) is 0.908. The van der Waals surface area contributed by atoms with Crippen LogP contribution in [-0.2, 0) is 17.6 Å². The highest BCUT2D eigenvalue weighted by Gasteiger charge is 2.36. The normalized spacial score (nSPS) is 25.7. The molecule has 3 heterocycles. The van der Waals surface area contributed by atoms with Gasteiger partial charge < -0.3 is 28.8 Å². The van der Waals surface area contributed by atoms with E-state index >= 15 is 0 Å². The van der Waals surface area contributed by atoms with Crippen molar-refractivity contribution in [2.45, 2.75) is 19.1 Å². The van der Waals surface area contributed by atoms with Crippen molar-refractivity contribution in [2.75, 3.05) is 20.2 Å². The molecule has 2 aromatic rings. The molecule has 0 amide bonds. The Labute approximate surface area is 151 Å². The van der Waals surface area contributed by atoms with Gasteiger partial charge in [0.2, 0.25) is 13.6 Å². The first kappa shape index (κ1) is 15.8. The summed E-state index contributed by atoms with van der Waals surface area (Å²) in [5.41, 5.74) is 2.27. The van der Waals surface area contributed by atoms with E-state index in [1.54, 1.807) is 0 Å². The minimum absolute atomic E-state index is 0.0285. The van der Waals surface area contributed by atoms with E-state index in [2.05, 4.69) is 6.07 Å². The van der Waals surface area contributed by atoms with Gasteiger partial charge in [-0.15, -0.1) is 0 Å². The molecule has 2 aromatic carbocycles. The predicted octanol–water partition coefficient (Wildman–Crippen LogP) is 2.51. The highest BCUT2D eigenvalue weighted by molar-refractivity contribution is 5.45. The first-order valence-corrected chi connectivity index (χ1v) is 8.83. The van der Waals surface area contributed by atoms with Crippen molar-refractivity contribution < 1.29 is 28.8 Å². The second-order valence-electron chi connectivity index (χ2n) is 6.93. The van der Waals surface area contributed by atoms with E-state index in [-0.39, 0.29) is 25.4 Å². The molecule has 136 valence electrons. The summed E-state index contributed by atoms with van der Waals surface area (Å²) < 4.78 is 27.2. The fraction of sp³-hybridized carbons (Fsp3) is 0.400. The van der Waals surface area contributed by atoms with Crippen LogP contribution in [-0.4, -0.2) is 31.6 Å². The van der Waals surface area contributed by atoms with Crippen LogP contribution in [0.4, 0.5) is 0 Å². The Balaban J connectivity index is 1.32. The van der Waals surface area contributed by atoms with E-state index in [9.17, 15) is 5.11 Å². The minimum atomic E-state index is -0.751. The number of aliphatic hydroxyl groups excluding tert-OH is 1. The molecule has 1 N–H and O–H groups in total. The third-order valence-corrected chi connectivity index (χ3v) is 5.30. The molecular formula is C20H20O6. The number of hydrogen-bond acceptors (Lipinski definition) is 6. The van der Waals surface area contributed by atoms with Crippen LogP contribution in [0, 0.1) is 11.8 Å². The van der Waals surface area contributed by atoms with E-state index in [1.165, 1.54) is 0 Å². The zero-order chi connectivity index (χ0) is 17.5. The van der Waals surface area contributed by atoms with Crippen molar-refractivity contribution in [3.63, 3.8) is 0 Å². The Kier molecular flexibility index (Phi) is 3.87. The molecular weight excluding hydrogens is 336 g/mol. The van der Waals surface area contributed by atoms with Gasteiger partial charge >= 0.3 is 0 Å². The second-order valence-corrected chi connectivity index (χ2v) is 6.93. The van der Waals surface area contributed by atoms with Gasteiger partial charge in [0, 0.05) is 5.92 Å². The van der Waals surface area contributed by atoms with Gasteiger partial charge in [0.05, 0.1) is 6.61 Å². The van der Waals surface area contributed by atoms with E-state index in [4.69, 9.17) is 23.7 Å². The van der Waals surface area contributed by atoms with E-state index < -0.39 is 6.29 Å². The topological polar surface area (TPSA) is 66.4 Å². The van der Waals surface area contributed by atoms with Gasteiger partial charge in [-0.3, -0.25) is 0 Å². The maximum absolute atomic E-state index is 10.3. The Bertz CT molecular complexity index is 820. The van der Waals surface area contributed by atoms with Crippen molar-refractivity contribution in [3.05, 3.63) is 47.5 Å². The second kappa shape index (κ2) is 6.37. The average Bonchev–Trinajstić information content (AvgIpc) is 3.37. The molecule has 6 heteroatoms. The van der Waals surface area contributed by atoms with Crippen molar-refractivity contribution in [2.24, 2.45) is 11.8 Å². The molecule has 0 saturated carbocycles. The lowest BCUT2D eigenvalue weighted by Gasteiger charge is -2.20. The maximum atomic E-state index is 10.3. The van der Waals surface area contributed by atoms with Crippen LogP contribution in [0.25, 0.3) is 0 Å². The molecule has 0 unspecified atom stereocenters. The zero-order valence-electron chi connectivity index (χ0n) is 14.2. The van der Waals surface area contributed by atoms with Crippen LogP contribution in [0.15, 0.2) is 36.4 Å². The monoisotopic (exact) mass is 356 g/mol. The third kappa shape index (κ3) is 2.85. The molecule has 0 spiro atoms. The number of fused-ring (bicyclic) bond motifs is 2. The molecule has 3 aliphatic heterocycles. The Hall–Kier alpha value is -2.44. The lowest BCUT2D eigenvalue weighted by atomic mass is 9.84. The van der Waals surface area contributed by atoms with Crippen LogP contribution in [0.1, 0.15) is 11.1 Å². The number of rotatable bonds is 4. The summed E-state index contributed by atoms with van der Waals surface area (Å²) in [5, 5.41) is 10.3. The zero-order valence-corrected chi connectivity index (χ0v) is 14.2. The number of ether oxygens (including phenoxy) is 5. The number of hydrogen-bond donors (Lipinski definition) is 1. The molecule has 3 aliphatic rings. The molecule has 0 radical (unpaired) electrons. The smallest absolute Gasteiger partial charge is 0.231 e. The molecule has 1 fully saturated rings. The minimum Gasteiger partial charge on any atom is -0.454 e. The first-order chi connectivity index (χ1) is 12.8. The van der Waals surface area contributed by atoms with Crippen LogP contribution in [0.2, 0.25) is 0 Å². The SMILES string of the molecule is O[C@H]1OC[C@@H](Cc2ccc3c(c2)OCO3)[C@H]1Cc1ccc2c(c1)OCO2. The van der Waals surface area contributed by atoms with Gasteiger partial charge in [-0.25, -0.2) is 0 Å². The number of benzene rings is 2. The summed E-state index contributed by atoms with van der Waals surface area (Å²) >= 11 is 0. The molecule has 0 aliphatic carbocycles. The number of aliphatic hydroxyl groups is 1. The average molecular weight is 356 g/mol. The van der Waals surface area contributed by atoms with Crippen molar-refractivity contribution >= 4 is 0 Å². The van der Waals surface area contributed by atoms with Gasteiger partial charge in [-0.2, -0.15) is 0 Å². The molecule has 0 aromatic heterocycles. The summed E-state index contributed by atoms with van der Waals surface area (Å²) in [7, 11) is 0. The summed E-state index contributed by atoms with van der Waals surface area (Å²) in [5.74, 6) is 3.37. The lowest BCUT2D eigenvalue weighted by molar-refractivity contribution is -0.0820. The highest BCUT2D eigenvalue weighted by Crippen LogP contribution is 2.38. The van der Waals surface area contributed by atoms with Gasteiger partial charge in [-0.05, 0) is 54.2 Å². The molecule has 3 atom stereocenters. The lowest BCUT2D eigenvalue weighted by Crippen LogP contribution is -2.24. The summed E-state index contributed by atoms with van der Waals surface area (Å²) in [6.07, 6.45) is 0.801. The van der Waals surface area contributed by atoms with Gasteiger partial charge in [0.15, 0.2) is 29.3 Å². The predicted molar refractivity (Wildman–Crippen MR) is 91.5 cm³/mol. The Morgan fingerprint density at radius 1 is 0.769 bits per heavy atom. The van der Waals surface area contributed by atoms with Crippen LogP contribution < -0.4 is 18.9 Å². The highest BCUT2D eigenvalue weighted by atomic mass is 16.7. The third-order valence-electron chi connectivity index (χ3n) is 5.30. The fourth-order valence-electron chi connectivity index (χ4n) is 3.89. The molecule has 1 saturated heterocycles. The largest absolute Gasteiger partial charge is 0.454 e. The summed E-state index contributed by atoms with van der Waals surface area (Å²) in [4.78, 5) is 0. The summed E-state index contributed by atoms with van der Waals surface area (Å²) in [6.45, 7) is 1.09. The summed E-state index contributed by atoms with van der Waals surface area (Å²) in [6, 6.07) is 11.9. The van der Waals surface area contributed by atoms with Crippen LogP contribution in [0.5, 0.6) is 23.0 Å². The maximum Gasteiger partial charge on any atom is 0.231 e. The molecule has 26 heavy (non-hydrogen) atoms. The van der Waals surface area contributed by atoms with Crippen molar-refractivity contribution in [1.82, 2.24) is 0 Å². The molecule has 0 bridgehead atoms. The van der Waals surface area contributed by atoms with Gasteiger partial charge in [-0.1, -0.05) is 12.1 Å². The first-order valence-electron chi connectivity index (χ1n) is 8.83. The molecule has 5 rings (SSSR count). The fourth-order valence-corrected chi connectivity index (χ4v) is 3.89. The van der Waals surface area contributed by atoms with Crippen LogP contribution >= 0.6 is 0 Å². The van der Waals surface area contributed by atoms with Crippen molar-refractivity contribution in [3.8, 4) is 23.0 Å². The van der Waals surface area contributed by atoms with Crippen LogP contribution in [0.3, 0.4) is 0 Å². The van der Waals surface area contributed by atoms with Crippen molar-refractivity contribution in [1.29, 1.82) is 0 Å². The standard InChI is InChI=1S/C20H20O6/c21-20-15(6-13-2-4-17-19(8-13)26-11-24-17)14(9-22-20)5-12-1-3-16-18(7-12)25-10-23-16/h1-4,7-8,14-15,20-21H,5-6,9-11H2/t14-,15-,20+/m1/s1. The van der Waals surface area contributed by atoms with E-state index in [1.807, 2.05) is 30.3 Å². The van der Waals surface area contributed by atoms with Gasteiger partial charge in [0.25, 0.3) is 0 Å². The Morgan fingerprint density at radius 3 is 2.00 bits per heavy atom.